The van der Waals surface area contributed by atoms with Crippen LogP contribution < -0.4 is 30.9 Å². The average Bonchev–Trinajstić information content (AvgIpc) is 3.84. The quantitative estimate of drug-likeness (QED) is 0.0429. The summed E-state index contributed by atoms with van der Waals surface area (Å²) < 4.78 is 14.6. The van der Waals surface area contributed by atoms with Gasteiger partial charge in [0.05, 0.1) is 34.9 Å². The SMILES string of the molecule is CN(C)c1ccc2c(-c3ccc(C(=O)NCc4ccc(C(=O)NCc5c(O)ccc6c(-c7ccc(C(=O)ON8C(=O)CCC8=O)cc7C(=O)O)c7ccc(=O)cc-7oc56)cc4)cc3C(=O)O)c3ccc(=[N+](C)C)cc-3oc2c1. The number of imide groups is 1. The number of carboxylic acids is 2. The van der Waals surface area contributed by atoms with Crippen molar-refractivity contribution in [3.05, 3.63) is 182 Å². The lowest BCUT2D eigenvalue weighted by Crippen LogP contribution is -2.32. The van der Waals surface area contributed by atoms with Gasteiger partial charge in [-0.3, -0.25) is 24.0 Å². The first-order valence-corrected chi connectivity index (χ1v) is 24.2. The predicted octanol–water partition coefficient (Wildman–Crippen LogP) is 7.36. The normalized spacial score (nSPS) is 12.3. The van der Waals surface area contributed by atoms with Gasteiger partial charge in [0, 0.05) is 102 Å². The number of phenols is 1. The van der Waals surface area contributed by atoms with Crippen molar-refractivity contribution in [3.8, 4) is 50.7 Å². The summed E-state index contributed by atoms with van der Waals surface area (Å²) in [7, 11) is 7.64. The molecule has 5 aromatic carbocycles. The van der Waals surface area contributed by atoms with Crippen LogP contribution in [0.4, 0.5) is 5.69 Å². The second-order valence-electron chi connectivity index (χ2n) is 18.9. The molecule has 0 radical (unpaired) electrons. The van der Waals surface area contributed by atoms with Crippen molar-refractivity contribution in [2.45, 2.75) is 25.9 Å². The fourth-order valence-corrected chi connectivity index (χ4v) is 9.42. The highest BCUT2D eigenvalue weighted by Crippen LogP contribution is 2.45. The Morgan fingerprint density at radius 2 is 1.18 bits per heavy atom. The third-order valence-corrected chi connectivity index (χ3v) is 13.5. The van der Waals surface area contributed by atoms with Crippen LogP contribution in [0.25, 0.3) is 66.8 Å². The van der Waals surface area contributed by atoms with Crippen molar-refractivity contribution in [1.82, 2.24) is 20.3 Å². The zero-order chi connectivity index (χ0) is 55.3. The second kappa shape index (κ2) is 20.4. The lowest BCUT2D eigenvalue weighted by Gasteiger charge is -2.19. The Kier molecular flexibility index (Phi) is 13.3. The van der Waals surface area contributed by atoms with E-state index in [4.69, 9.17) is 13.7 Å². The fraction of sp³-hybridized carbons (Fsp3) is 0.136. The molecule has 0 spiro atoms. The number of rotatable bonds is 13. The lowest BCUT2D eigenvalue weighted by molar-refractivity contribution is -0.172. The molecule has 2 aliphatic carbocycles. The van der Waals surface area contributed by atoms with Crippen LogP contribution in [0.5, 0.6) is 5.75 Å². The van der Waals surface area contributed by atoms with Crippen molar-refractivity contribution in [2.75, 3.05) is 33.1 Å². The van der Waals surface area contributed by atoms with Crippen LogP contribution in [0, 0.1) is 0 Å². The van der Waals surface area contributed by atoms with Crippen LogP contribution in [0.15, 0.2) is 141 Å². The third-order valence-electron chi connectivity index (χ3n) is 13.5. The molecule has 19 heteroatoms. The molecule has 5 aliphatic rings. The van der Waals surface area contributed by atoms with Gasteiger partial charge in [-0.25, -0.2) is 19.0 Å². The molecule has 5 aromatic rings. The van der Waals surface area contributed by atoms with E-state index < -0.39 is 52.5 Å². The number of carbonyl (C=O) groups is 7. The van der Waals surface area contributed by atoms with Crippen molar-refractivity contribution in [3.63, 3.8) is 0 Å². The highest BCUT2D eigenvalue weighted by atomic mass is 16.7. The Bertz CT molecular complexity index is 4100. The number of aromatic carboxylic acids is 2. The number of hydrogen-bond acceptors (Lipinski definition) is 13. The summed E-state index contributed by atoms with van der Waals surface area (Å²) in [5, 5.41) is 40.0. The maximum atomic E-state index is 13.6. The van der Waals surface area contributed by atoms with Crippen LogP contribution in [0.2, 0.25) is 0 Å². The monoisotopic (exact) mass is 1050 g/mol. The van der Waals surface area contributed by atoms with E-state index in [1.54, 1.807) is 24.3 Å². The molecule has 0 unspecified atom stereocenters. The van der Waals surface area contributed by atoms with Crippen molar-refractivity contribution >= 4 is 69.2 Å². The minimum Gasteiger partial charge on any atom is -0.507 e. The minimum atomic E-state index is -1.46. The smallest absolute Gasteiger partial charge is 0.363 e. The van der Waals surface area contributed by atoms with E-state index in [9.17, 15) is 53.7 Å². The summed E-state index contributed by atoms with van der Waals surface area (Å²) >= 11 is 0. The van der Waals surface area contributed by atoms with Gasteiger partial charge < -0.3 is 44.5 Å². The highest BCUT2D eigenvalue weighted by molar-refractivity contribution is 6.11. The van der Waals surface area contributed by atoms with Gasteiger partial charge in [-0.05, 0) is 95.6 Å². The van der Waals surface area contributed by atoms with Crippen molar-refractivity contribution in [1.29, 1.82) is 0 Å². The maximum Gasteiger partial charge on any atom is 0.363 e. The molecule has 3 aliphatic heterocycles. The van der Waals surface area contributed by atoms with E-state index in [0.29, 0.717) is 49.6 Å². The molecular formula is C59H46N5O14+. The second-order valence-corrected chi connectivity index (χ2v) is 18.9. The largest absolute Gasteiger partial charge is 0.507 e. The van der Waals surface area contributed by atoms with Gasteiger partial charge >= 0.3 is 17.9 Å². The number of aromatic hydroxyl groups is 1. The molecule has 390 valence electrons. The molecule has 1 fully saturated rings. The molecule has 1 saturated heterocycles. The summed E-state index contributed by atoms with van der Waals surface area (Å²) in [4.78, 5) is 110. The van der Waals surface area contributed by atoms with E-state index in [2.05, 4.69) is 10.6 Å². The number of carbonyl (C=O) groups excluding carboxylic acids is 5. The van der Waals surface area contributed by atoms with Crippen molar-refractivity contribution in [2.24, 2.45) is 0 Å². The lowest BCUT2D eigenvalue weighted by atomic mass is 9.89. The van der Waals surface area contributed by atoms with Crippen LogP contribution in [-0.2, 0) is 27.5 Å². The number of fused-ring (bicyclic) bond motifs is 4. The number of hydroxylamine groups is 2. The van der Waals surface area contributed by atoms with Gasteiger partial charge in [0.1, 0.15) is 42.5 Å². The van der Waals surface area contributed by atoms with Gasteiger partial charge in [-0.2, -0.15) is 0 Å². The molecular weight excluding hydrogens is 1000 g/mol. The van der Waals surface area contributed by atoms with Gasteiger partial charge in [0.15, 0.2) is 5.43 Å². The number of anilines is 1. The van der Waals surface area contributed by atoms with Crippen LogP contribution >= 0.6 is 0 Å². The molecule has 0 atom stereocenters. The molecule has 0 aromatic heterocycles. The number of nitrogens with one attached hydrogen (secondary N) is 2. The molecule has 19 nitrogen and oxygen atoms in total. The standard InChI is InChI=1S/C59H45N5O14/c1-62(2)34-11-16-39-47(25-34)76-48-26-35(63(3)4)12-17-40(48)52(39)37-14-9-32(23-43(37)57(71)72)56(70)60-28-30-5-7-31(8-6-30)55(69)61-29-45-46(66)20-19-42-53(41-18-13-36(65)27-49(41)77-54(42)45)38-15-10-33(24-44(38)58(73)74)59(75)78-64-50(67)21-22-51(64)68/h5-20,23-27H,21-22,28-29H2,1-4H3,(H4-,60,61,65,66,69,70,71,72,73,74)/p+1. The molecule has 3 heterocycles. The van der Waals surface area contributed by atoms with Gasteiger partial charge in [0.2, 0.25) is 5.36 Å². The summed E-state index contributed by atoms with van der Waals surface area (Å²) in [6, 6.07) is 32.5. The Labute approximate surface area is 442 Å². The summed E-state index contributed by atoms with van der Waals surface area (Å²) in [5.74, 6) is -6.12. The van der Waals surface area contributed by atoms with Crippen molar-refractivity contribution < 1.29 is 62.6 Å². The highest BCUT2D eigenvalue weighted by Gasteiger charge is 2.34. The predicted molar refractivity (Wildman–Crippen MR) is 285 cm³/mol. The summed E-state index contributed by atoms with van der Waals surface area (Å²) in [6.45, 7) is -0.291. The van der Waals surface area contributed by atoms with Gasteiger partial charge in [-0.1, -0.05) is 24.3 Å². The zero-order valence-corrected chi connectivity index (χ0v) is 42.1. The summed E-state index contributed by atoms with van der Waals surface area (Å²) in [6.07, 6.45) is -0.289. The first-order valence-electron chi connectivity index (χ1n) is 24.2. The molecule has 5 N–H and O–H groups in total. The average molecular weight is 1050 g/mol. The molecule has 0 saturated carbocycles. The van der Waals surface area contributed by atoms with E-state index in [1.807, 2.05) is 74.1 Å². The van der Waals surface area contributed by atoms with Crippen LogP contribution in [0.3, 0.4) is 0 Å². The van der Waals surface area contributed by atoms with E-state index in [1.165, 1.54) is 60.7 Å². The van der Waals surface area contributed by atoms with E-state index >= 15 is 0 Å². The fourth-order valence-electron chi connectivity index (χ4n) is 9.42. The number of benzene rings is 7. The van der Waals surface area contributed by atoms with Gasteiger partial charge in [-0.15, -0.1) is 5.06 Å². The van der Waals surface area contributed by atoms with Crippen LogP contribution in [0.1, 0.15) is 75.8 Å². The first kappa shape index (κ1) is 51.1. The number of phenolic OH excluding ortho intramolecular Hbond substituents is 1. The maximum absolute atomic E-state index is 13.6. The molecule has 4 amide bonds. The number of hydrogen-bond donors (Lipinski definition) is 5. The van der Waals surface area contributed by atoms with E-state index in [-0.39, 0.29) is 87.4 Å². The summed E-state index contributed by atoms with van der Waals surface area (Å²) in [5.41, 5.74) is 3.57. The Balaban J connectivity index is 0.877. The minimum absolute atomic E-state index is 0.000848. The zero-order valence-electron chi connectivity index (χ0n) is 42.1. The molecule has 10 rings (SSSR count). The van der Waals surface area contributed by atoms with Crippen LogP contribution in [-0.4, -0.2) is 90.1 Å². The Morgan fingerprint density at radius 3 is 1.83 bits per heavy atom. The molecule has 0 bridgehead atoms. The topological polar surface area (TPSA) is 266 Å². The number of carboxylic acid groups (broad SMARTS) is 2. The van der Waals surface area contributed by atoms with Gasteiger partial charge in [0.25, 0.3) is 23.6 Å². The number of nitrogens with zero attached hydrogens (tertiary/aromatic N) is 3. The Hall–Kier alpha value is -10.4. The Morgan fingerprint density at radius 1 is 0.615 bits per heavy atom. The third kappa shape index (κ3) is 9.62. The molecule has 78 heavy (non-hydrogen) atoms. The number of amides is 4. The first-order chi connectivity index (χ1) is 37.3. The van der Waals surface area contributed by atoms with E-state index in [0.717, 1.165) is 17.1 Å².